The molecule has 0 bridgehead atoms. The molecule has 0 aliphatic heterocycles. The number of aliphatic hydroxyl groups is 1. The van der Waals surface area contributed by atoms with Crippen LogP contribution in [0.25, 0.3) is 0 Å². The summed E-state index contributed by atoms with van der Waals surface area (Å²) in [6.07, 6.45) is 4.40. The average molecular weight is 244 g/mol. The molecule has 1 saturated carbocycles. The second-order valence-corrected chi connectivity index (χ2v) is 4.61. The maximum atomic E-state index is 11.4. The topological polar surface area (TPSA) is 98.7 Å². The number of aliphatic carboxylic acids is 1. The lowest BCUT2D eigenvalue weighted by Gasteiger charge is -2.41. The summed E-state index contributed by atoms with van der Waals surface area (Å²) in [5.41, 5.74) is 0.190. The molecule has 0 spiro atoms. The van der Waals surface area contributed by atoms with E-state index >= 15 is 0 Å². The summed E-state index contributed by atoms with van der Waals surface area (Å²) in [6, 6.07) is -1.78. The van der Waals surface area contributed by atoms with Gasteiger partial charge in [-0.2, -0.15) is 0 Å². The van der Waals surface area contributed by atoms with Gasteiger partial charge in [0.2, 0.25) is 0 Å². The molecule has 1 aliphatic carbocycles. The van der Waals surface area contributed by atoms with Gasteiger partial charge in [0.1, 0.15) is 0 Å². The van der Waals surface area contributed by atoms with E-state index in [1.54, 1.807) is 0 Å². The SMILES string of the molecule is CCC1(CNC(=O)N[C@@H](CO)C(=O)O)CCC1. The minimum atomic E-state index is -1.24. The summed E-state index contributed by atoms with van der Waals surface area (Å²) in [7, 11) is 0. The quantitative estimate of drug-likeness (QED) is 0.540. The van der Waals surface area contributed by atoms with Crippen molar-refractivity contribution in [3.05, 3.63) is 0 Å². The number of carboxylic acids is 1. The molecule has 1 aliphatic rings. The van der Waals surface area contributed by atoms with Crippen LogP contribution < -0.4 is 10.6 Å². The first-order valence-corrected chi connectivity index (χ1v) is 5.91. The standard InChI is InChI=1S/C11H20N2O4/c1-2-11(4-3-5-11)7-12-10(17)13-8(6-14)9(15)16/h8,14H,2-7H2,1H3,(H,15,16)(H2,12,13,17)/t8-/m0/s1. The molecule has 0 aromatic rings. The number of carboxylic acid groups (broad SMARTS) is 1. The molecule has 17 heavy (non-hydrogen) atoms. The van der Waals surface area contributed by atoms with E-state index in [9.17, 15) is 9.59 Å². The zero-order chi connectivity index (χ0) is 12.9. The van der Waals surface area contributed by atoms with Crippen molar-refractivity contribution in [2.75, 3.05) is 13.2 Å². The normalized spacial score (nSPS) is 18.9. The van der Waals surface area contributed by atoms with Crippen LogP contribution in [-0.4, -0.2) is 41.4 Å². The molecule has 1 atom stereocenters. The average Bonchev–Trinajstić information content (AvgIpc) is 2.24. The smallest absolute Gasteiger partial charge is 0.328 e. The number of aliphatic hydroxyl groups excluding tert-OH is 1. The van der Waals surface area contributed by atoms with Crippen molar-refractivity contribution >= 4 is 12.0 Å². The Morgan fingerprint density at radius 3 is 2.41 bits per heavy atom. The van der Waals surface area contributed by atoms with Crippen LogP contribution in [0.15, 0.2) is 0 Å². The van der Waals surface area contributed by atoms with E-state index in [1.165, 1.54) is 6.42 Å². The molecule has 6 nitrogen and oxygen atoms in total. The lowest BCUT2D eigenvalue weighted by molar-refractivity contribution is -0.140. The van der Waals surface area contributed by atoms with Gasteiger partial charge in [-0.05, 0) is 24.7 Å². The monoisotopic (exact) mass is 244 g/mol. The molecule has 1 fully saturated rings. The van der Waals surface area contributed by atoms with Gasteiger partial charge in [-0.15, -0.1) is 0 Å². The van der Waals surface area contributed by atoms with Crippen LogP contribution in [0.1, 0.15) is 32.6 Å². The molecule has 1 rings (SSSR count). The maximum absolute atomic E-state index is 11.4. The molecule has 0 heterocycles. The number of hydrogen-bond donors (Lipinski definition) is 4. The highest BCUT2D eigenvalue weighted by Crippen LogP contribution is 2.42. The van der Waals surface area contributed by atoms with Crippen molar-refractivity contribution < 1.29 is 19.8 Å². The lowest BCUT2D eigenvalue weighted by atomic mass is 9.67. The fourth-order valence-corrected chi connectivity index (χ4v) is 1.99. The molecule has 0 unspecified atom stereocenters. The van der Waals surface area contributed by atoms with Crippen LogP contribution in [0.2, 0.25) is 0 Å². The zero-order valence-electron chi connectivity index (χ0n) is 10.0. The van der Waals surface area contributed by atoms with E-state index in [0.29, 0.717) is 6.54 Å². The first-order chi connectivity index (χ1) is 8.03. The predicted octanol–water partition coefficient (Wildman–Crippen LogP) is 0.311. The highest BCUT2D eigenvalue weighted by atomic mass is 16.4. The van der Waals surface area contributed by atoms with E-state index in [2.05, 4.69) is 17.6 Å². The minimum Gasteiger partial charge on any atom is -0.480 e. The Kier molecular flexibility index (Phi) is 4.74. The number of rotatable bonds is 6. The second kappa shape index (κ2) is 5.86. The Balaban J connectivity index is 2.32. The fraction of sp³-hybridized carbons (Fsp3) is 0.818. The third kappa shape index (κ3) is 3.59. The molecular weight excluding hydrogens is 224 g/mol. The molecule has 6 heteroatoms. The van der Waals surface area contributed by atoms with Gasteiger partial charge in [-0.25, -0.2) is 9.59 Å². The van der Waals surface area contributed by atoms with Gasteiger partial charge in [-0.3, -0.25) is 0 Å². The van der Waals surface area contributed by atoms with Crippen LogP contribution >= 0.6 is 0 Å². The Bertz CT molecular complexity index is 284. The third-order valence-corrected chi connectivity index (χ3v) is 3.57. The predicted molar refractivity (Wildman–Crippen MR) is 61.6 cm³/mol. The minimum absolute atomic E-state index is 0.190. The van der Waals surface area contributed by atoms with Crippen molar-refractivity contribution in [2.24, 2.45) is 5.41 Å². The largest absolute Gasteiger partial charge is 0.480 e. The first kappa shape index (κ1) is 13.8. The molecule has 0 saturated heterocycles. The summed E-state index contributed by atoms with van der Waals surface area (Å²) in [4.78, 5) is 22.0. The summed E-state index contributed by atoms with van der Waals surface area (Å²) in [6.45, 7) is 2.04. The van der Waals surface area contributed by atoms with Crippen LogP contribution in [0.3, 0.4) is 0 Å². The van der Waals surface area contributed by atoms with E-state index < -0.39 is 24.6 Å². The van der Waals surface area contributed by atoms with Crippen molar-refractivity contribution in [1.82, 2.24) is 10.6 Å². The molecule has 0 aromatic carbocycles. The second-order valence-electron chi connectivity index (χ2n) is 4.61. The summed E-state index contributed by atoms with van der Waals surface area (Å²) >= 11 is 0. The van der Waals surface area contributed by atoms with E-state index in [4.69, 9.17) is 10.2 Å². The highest BCUT2D eigenvalue weighted by Gasteiger charge is 2.35. The van der Waals surface area contributed by atoms with Crippen LogP contribution in [0, 0.1) is 5.41 Å². The van der Waals surface area contributed by atoms with Crippen LogP contribution in [0.4, 0.5) is 4.79 Å². The fourth-order valence-electron chi connectivity index (χ4n) is 1.99. The molecule has 98 valence electrons. The molecule has 2 amide bonds. The Morgan fingerprint density at radius 2 is 2.06 bits per heavy atom. The number of amides is 2. The third-order valence-electron chi connectivity index (χ3n) is 3.57. The van der Waals surface area contributed by atoms with Gasteiger partial charge < -0.3 is 20.8 Å². The lowest BCUT2D eigenvalue weighted by Crippen LogP contribution is -2.51. The van der Waals surface area contributed by atoms with Crippen LogP contribution in [-0.2, 0) is 4.79 Å². The van der Waals surface area contributed by atoms with Crippen LogP contribution in [0.5, 0.6) is 0 Å². The van der Waals surface area contributed by atoms with E-state index in [-0.39, 0.29) is 5.41 Å². The molecule has 0 radical (unpaired) electrons. The number of nitrogens with one attached hydrogen (secondary N) is 2. The summed E-state index contributed by atoms with van der Waals surface area (Å²) in [5.74, 6) is -1.24. The molecule has 4 N–H and O–H groups in total. The number of urea groups is 1. The van der Waals surface area contributed by atoms with Gasteiger partial charge in [0.05, 0.1) is 6.61 Å². The Labute approximate surface area is 100 Å². The Morgan fingerprint density at radius 1 is 1.41 bits per heavy atom. The first-order valence-electron chi connectivity index (χ1n) is 5.91. The van der Waals surface area contributed by atoms with Gasteiger partial charge >= 0.3 is 12.0 Å². The number of hydrogen-bond acceptors (Lipinski definition) is 3. The van der Waals surface area contributed by atoms with Gasteiger partial charge in [-0.1, -0.05) is 13.3 Å². The summed E-state index contributed by atoms with van der Waals surface area (Å²) in [5, 5.41) is 22.3. The number of carbonyl (C=O) groups is 2. The Hall–Kier alpha value is -1.30. The van der Waals surface area contributed by atoms with Gasteiger partial charge in [0.25, 0.3) is 0 Å². The summed E-state index contributed by atoms with van der Waals surface area (Å²) < 4.78 is 0. The van der Waals surface area contributed by atoms with Gasteiger partial charge in [0, 0.05) is 6.54 Å². The highest BCUT2D eigenvalue weighted by molar-refractivity contribution is 5.82. The van der Waals surface area contributed by atoms with Crippen molar-refractivity contribution in [3.63, 3.8) is 0 Å². The molecule has 0 aromatic heterocycles. The molecular formula is C11H20N2O4. The van der Waals surface area contributed by atoms with Crippen molar-refractivity contribution in [1.29, 1.82) is 0 Å². The zero-order valence-corrected chi connectivity index (χ0v) is 10.0. The van der Waals surface area contributed by atoms with Crippen molar-refractivity contribution in [2.45, 2.75) is 38.6 Å². The van der Waals surface area contributed by atoms with Crippen molar-refractivity contribution in [3.8, 4) is 0 Å². The van der Waals surface area contributed by atoms with E-state index in [0.717, 1.165) is 19.3 Å². The maximum Gasteiger partial charge on any atom is 0.328 e. The number of carbonyl (C=O) groups excluding carboxylic acids is 1. The van der Waals surface area contributed by atoms with E-state index in [1.807, 2.05) is 0 Å². The van der Waals surface area contributed by atoms with Gasteiger partial charge in [0.15, 0.2) is 6.04 Å².